The Kier molecular flexibility index (Phi) is 5.99. The maximum absolute atomic E-state index is 12.1. The Hall–Kier alpha value is -0.360. The van der Waals surface area contributed by atoms with Crippen molar-refractivity contribution in [2.75, 3.05) is 0 Å². The van der Waals surface area contributed by atoms with Crippen molar-refractivity contribution in [3.05, 3.63) is 59.8 Å². The summed E-state index contributed by atoms with van der Waals surface area (Å²) in [6, 6.07) is 8.36. The topological polar surface area (TPSA) is 55.7 Å². The predicted molar refractivity (Wildman–Crippen MR) is 91.4 cm³/mol. The van der Waals surface area contributed by atoms with Gasteiger partial charge < -0.3 is 0 Å². The van der Waals surface area contributed by atoms with Crippen molar-refractivity contribution in [3.63, 3.8) is 0 Å². The molecule has 2 radical (unpaired) electrons. The molecule has 1 aromatic heterocycles. The lowest BCUT2D eigenvalue weighted by atomic mass is 10.1. The zero-order valence-corrected chi connectivity index (χ0v) is 15.4. The second kappa shape index (κ2) is 7.26. The minimum absolute atomic E-state index is 0.212. The van der Waals surface area contributed by atoms with E-state index in [2.05, 4.69) is 21.4 Å². The fourth-order valence-corrected chi connectivity index (χ4v) is 1.96. The average molecular weight is 432 g/mol. The highest BCUT2D eigenvalue weighted by molar-refractivity contribution is 6.67. The normalized spacial score (nSPS) is 12.3. The lowest BCUT2D eigenvalue weighted by molar-refractivity contribution is 0.103. The Labute approximate surface area is 162 Å². The minimum Gasteiger partial charge on any atom is -0.293 e. The molecule has 0 aliphatic rings. The van der Waals surface area contributed by atoms with Crippen LogP contribution in [-0.4, -0.2) is 20.7 Å². The lowest BCUT2D eigenvalue weighted by Crippen LogP contribution is -2.19. The third-order valence-corrected chi connectivity index (χ3v) is 3.42. The van der Waals surface area contributed by atoms with Crippen molar-refractivity contribution in [1.82, 2.24) is 15.0 Å². The molecule has 0 bridgehead atoms. The fraction of sp³-hybridized carbons (Fsp3) is 0.154. The first-order valence-corrected chi connectivity index (χ1v) is 8.11. The van der Waals surface area contributed by atoms with E-state index in [9.17, 15) is 4.79 Å². The van der Waals surface area contributed by atoms with Crippen molar-refractivity contribution in [3.8, 4) is 0 Å². The van der Waals surface area contributed by atoms with E-state index >= 15 is 0 Å². The molecule has 0 amide bonds. The quantitative estimate of drug-likeness (QED) is 0.515. The largest absolute Gasteiger partial charge is 0.293 e. The maximum Gasteiger partial charge on any atom is 0.250 e. The highest BCUT2D eigenvalue weighted by Crippen LogP contribution is 2.39. The number of hydrogen-bond donors (Lipinski definition) is 0. The maximum atomic E-state index is 12.1. The fourth-order valence-electron chi connectivity index (χ4n) is 1.45. The van der Waals surface area contributed by atoms with Crippen molar-refractivity contribution in [2.24, 2.45) is 0 Å². The minimum atomic E-state index is -1.99. The monoisotopic (exact) mass is 429 g/mol. The van der Waals surface area contributed by atoms with Gasteiger partial charge in [-0.05, 0) is 0 Å². The number of hydrogen-bond acceptors (Lipinski definition) is 4. The predicted octanol–water partition coefficient (Wildman–Crippen LogP) is 4.84. The van der Waals surface area contributed by atoms with Gasteiger partial charge in [0.2, 0.25) is 7.59 Å². The van der Waals surface area contributed by atoms with Crippen LogP contribution in [0.25, 0.3) is 0 Å². The zero-order chi connectivity index (χ0) is 17.3. The molecule has 0 saturated carbocycles. The average Bonchev–Trinajstić information content (AvgIpc) is 2.46. The lowest BCUT2D eigenvalue weighted by Gasteiger charge is -2.15. The van der Waals surface area contributed by atoms with Crippen LogP contribution in [0.1, 0.15) is 27.8 Å². The SMILES string of the molecule is O=C([C]c1nc(C(Cl)(Cl)Cl)nc(C(Cl)(Cl)Cl)n1)c1ccccc1. The van der Waals surface area contributed by atoms with E-state index in [-0.39, 0.29) is 17.5 Å². The van der Waals surface area contributed by atoms with Gasteiger partial charge in [0.05, 0.1) is 0 Å². The second-order valence-electron chi connectivity index (χ2n) is 4.12. The molecule has 2 rings (SSSR count). The van der Waals surface area contributed by atoms with E-state index in [1.807, 2.05) is 0 Å². The standard InChI is InChI=1S/C13H5Cl6N3O/c14-12(15,16)10-20-9(21-11(22-10)13(17,18)19)6-8(23)7-4-2-1-3-5-7/h1-5H. The summed E-state index contributed by atoms with van der Waals surface area (Å²) < 4.78 is -3.97. The van der Waals surface area contributed by atoms with Gasteiger partial charge in [-0.25, -0.2) is 15.0 Å². The van der Waals surface area contributed by atoms with E-state index < -0.39 is 13.4 Å². The van der Waals surface area contributed by atoms with E-state index in [1.54, 1.807) is 30.3 Å². The van der Waals surface area contributed by atoms with E-state index in [0.29, 0.717) is 5.56 Å². The summed E-state index contributed by atoms with van der Waals surface area (Å²) in [4.78, 5) is 23.6. The van der Waals surface area contributed by atoms with Crippen LogP contribution < -0.4 is 0 Å². The number of nitrogens with zero attached hydrogens (tertiary/aromatic N) is 3. The van der Waals surface area contributed by atoms with E-state index in [0.717, 1.165) is 0 Å². The van der Waals surface area contributed by atoms with Crippen LogP contribution in [0.5, 0.6) is 0 Å². The van der Waals surface area contributed by atoms with Crippen LogP contribution in [0.3, 0.4) is 0 Å². The summed E-state index contributed by atoms with van der Waals surface area (Å²) in [5.74, 6) is -1.27. The van der Waals surface area contributed by atoms with Gasteiger partial charge >= 0.3 is 0 Å². The number of carbonyl (C=O) groups is 1. The number of halogens is 6. The molecule has 0 aliphatic carbocycles. The molecule has 0 aliphatic heterocycles. The molecule has 0 saturated heterocycles. The Balaban J connectivity index is 2.40. The van der Waals surface area contributed by atoms with E-state index in [1.165, 1.54) is 0 Å². The van der Waals surface area contributed by atoms with Crippen LogP contribution in [0.2, 0.25) is 0 Å². The molecule has 0 spiro atoms. The van der Waals surface area contributed by atoms with Gasteiger partial charge in [0, 0.05) is 5.56 Å². The van der Waals surface area contributed by atoms with Crippen molar-refractivity contribution < 1.29 is 4.79 Å². The number of ketones is 1. The molecule has 0 fully saturated rings. The third kappa shape index (κ3) is 5.31. The summed E-state index contributed by atoms with van der Waals surface area (Å²) in [5, 5.41) is 0. The van der Waals surface area contributed by atoms with Crippen molar-refractivity contribution >= 4 is 75.4 Å². The van der Waals surface area contributed by atoms with Crippen LogP contribution in [0.15, 0.2) is 30.3 Å². The van der Waals surface area contributed by atoms with Gasteiger partial charge in [0.15, 0.2) is 17.4 Å². The molecule has 4 nitrogen and oxygen atoms in total. The van der Waals surface area contributed by atoms with Gasteiger partial charge in [-0.2, -0.15) is 0 Å². The second-order valence-corrected chi connectivity index (χ2v) is 8.68. The summed E-state index contributed by atoms with van der Waals surface area (Å²) in [6.07, 6.45) is 2.43. The summed E-state index contributed by atoms with van der Waals surface area (Å²) in [5.41, 5.74) is 0.374. The number of Topliss-reactive ketones (excluding diaryl/α,β-unsaturated/α-hetero) is 1. The summed E-state index contributed by atoms with van der Waals surface area (Å²) in [6.45, 7) is 0. The molecule has 0 atom stereocenters. The molecule has 120 valence electrons. The Bertz CT molecular complexity index is 680. The molecule has 1 aromatic carbocycles. The van der Waals surface area contributed by atoms with Crippen molar-refractivity contribution in [1.29, 1.82) is 0 Å². The summed E-state index contributed by atoms with van der Waals surface area (Å²) >= 11 is 34.5. The number of benzene rings is 1. The molecule has 10 heteroatoms. The Morgan fingerprint density at radius 1 is 0.826 bits per heavy atom. The number of rotatable bonds is 3. The number of aromatic nitrogens is 3. The first kappa shape index (κ1) is 19.0. The molecule has 0 unspecified atom stereocenters. The Morgan fingerprint density at radius 3 is 1.74 bits per heavy atom. The first-order chi connectivity index (χ1) is 10.6. The smallest absolute Gasteiger partial charge is 0.250 e. The third-order valence-electron chi connectivity index (χ3n) is 2.40. The highest BCUT2D eigenvalue weighted by atomic mass is 35.6. The van der Waals surface area contributed by atoms with Crippen LogP contribution >= 0.6 is 69.6 Å². The summed E-state index contributed by atoms with van der Waals surface area (Å²) in [7, 11) is 0. The molecule has 1 heterocycles. The molecule has 0 N–H and O–H groups in total. The van der Waals surface area contributed by atoms with Gasteiger partial charge in [-0.1, -0.05) is 99.9 Å². The van der Waals surface area contributed by atoms with Crippen molar-refractivity contribution in [2.45, 2.75) is 7.59 Å². The zero-order valence-electron chi connectivity index (χ0n) is 10.9. The molecule has 23 heavy (non-hydrogen) atoms. The van der Waals surface area contributed by atoms with Crippen LogP contribution in [0.4, 0.5) is 0 Å². The number of alkyl halides is 6. The van der Waals surface area contributed by atoms with Gasteiger partial charge in [0.1, 0.15) is 12.2 Å². The van der Waals surface area contributed by atoms with Gasteiger partial charge in [-0.3, -0.25) is 4.79 Å². The molecular weight excluding hydrogens is 427 g/mol. The molecular formula is C13H5Cl6N3O. The van der Waals surface area contributed by atoms with Crippen LogP contribution in [0, 0.1) is 6.42 Å². The highest BCUT2D eigenvalue weighted by Gasteiger charge is 2.34. The van der Waals surface area contributed by atoms with Gasteiger partial charge in [-0.15, -0.1) is 0 Å². The Morgan fingerprint density at radius 2 is 1.30 bits per heavy atom. The number of carbonyl (C=O) groups excluding carboxylic acids is 1. The van der Waals surface area contributed by atoms with E-state index in [4.69, 9.17) is 69.6 Å². The molecule has 2 aromatic rings. The van der Waals surface area contributed by atoms with Gasteiger partial charge in [0.25, 0.3) is 0 Å². The van der Waals surface area contributed by atoms with Crippen LogP contribution in [-0.2, 0) is 7.59 Å². The first-order valence-electron chi connectivity index (χ1n) is 5.84.